The minimum atomic E-state index is -0.278. The van der Waals surface area contributed by atoms with Gasteiger partial charge in [-0.05, 0) is 91.2 Å². The third-order valence-corrected chi connectivity index (χ3v) is 9.12. The minimum Gasteiger partial charge on any atom is -0.392 e. The smallest absolute Gasteiger partial charge is 0.0634 e. The van der Waals surface area contributed by atoms with Crippen LogP contribution in [0.25, 0.3) is 0 Å². The lowest BCUT2D eigenvalue weighted by atomic mass is 9.70. The number of hydrogen-bond donors (Lipinski definition) is 2. The van der Waals surface area contributed by atoms with Gasteiger partial charge >= 0.3 is 0 Å². The predicted molar refractivity (Wildman–Crippen MR) is 184 cm³/mol. The van der Waals surface area contributed by atoms with Gasteiger partial charge in [0, 0.05) is 10.8 Å². The van der Waals surface area contributed by atoms with E-state index in [0.29, 0.717) is 0 Å². The SMILES string of the molecule is CC(C=CC1=C(C)CCC(O)C1(C)C)=CC=CC(C)=CCCC=C(C)C=CC=C(C)C=CC1=C(C)CCC(O)C1(C)C. The van der Waals surface area contributed by atoms with Gasteiger partial charge in [0.15, 0.2) is 0 Å². The molecule has 0 saturated heterocycles. The Morgan fingerprint density at radius 3 is 1.33 bits per heavy atom. The maximum absolute atomic E-state index is 10.4. The molecule has 42 heavy (non-hydrogen) atoms. The van der Waals surface area contributed by atoms with E-state index in [1.54, 1.807) is 0 Å². The summed E-state index contributed by atoms with van der Waals surface area (Å²) in [6.45, 7) is 21.5. The number of aliphatic hydroxyl groups excluding tert-OH is 2. The molecule has 2 heteroatoms. The summed E-state index contributed by atoms with van der Waals surface area (Å²) >= 11 is 0. The van der Waals surface area contributed by atoms with Crippen LogP contribution < -0.4 is 0 Å². The lowest BCUT2D eigenvalue weighted by Crippen LogP contribution is -2.34. The number of unbranched alkanes of at least 4 members (excludes halogenated alkanes) is 1. The molecule has 0 aromatic rings. The van der Waals surface area contributed by atoms with Crippen molar-refractivity contribution in [2.75, 3.05) is 0 Å². The molecule has 0 amide bonds. The van der Waals surface area contributed by atoms with Gasteiger partial charge in [0.25, 0.3) is 0 Å². The van der Waals surface area contributed by atoms with Crippen LogP contribution >= 0.6 is 0 Å². The predicted octanol–water partition coefficient (Wildman–Crippen LogP) is 10.8. The first-order valence-corrected chi connectivity index (χ1v) is 15.8. The average Bonchev–Trinajstić information content (AvgIpc) is 2.91. The molecule has 2 aliphatic carbocycles. The third kappa shape index (κ3) is 10.5. The van der Waals surface area contributed by atoms with Crippen LogP contribution in [0.2, 0.25) is 0 Å². The first kappa shape index (κ1) is 35.5. The minimum absolute atomic E-state index is 0.195. The van der Waals surface area contributed by atoms with Gasteiger partial charge < -0.3 is 10.2 Å². The molecule has 2 N–H and O–H groups in total. The van der Waals surface area contributed by atoms with E-state index in [9.17, 15) is 10.2 Å². The zero-order valence-corrected chi connectivity index (χ0v) is 28.2. The summed E-state index contributed by atoms with van der Waals surface area (Å²) in [5.41, 5.74) is 9.85. The van der Waals surface area contributed by atoms with Crippen molar-refractivity contribution >= 4 is 0 Å². The molecule has 0 spiro atoms. The molecule has 2 rings (SSSR count). The van der Waals surface area contributed by atoms with Crippen molar-refractivity contribution in [1.82, 2.24) is 0 Å². The van der Waals surface area contributed by atoms with E-state index < -0.39 is 0 Å². The molecule has 2 atom stereocenters. The van der Waals surface area contributed by atoms with Crippen molar-refractivity contribution in [3.05, 3.63) is 117 Å². The Kier molecular flexibility index (Phi) is 13.7. The molecule has 2 aliphatic rings. The van der Waals surface area contributed by atoms with E-state index in [1.807, 2.05) is 0 Å². The van der Waals surface area contributed by atoms with E-state index in [1.165, 1.54) is 44.6 Å². The van der Waals surface area contributed by atoms with Gasteiger partial charge in [0.2, 0.25) is 0 Å². The molecule has 0 aliphatic heterocycles. The topological polar surface area (TPSA) is 40.5 Å². The van der Waals surface area contributed by atoms with E-state index in [2.05, 4.69) is 142 Å². The first-order valence-electron chi connectivity index (χ1n) is 15.8. The number of aliphatic hydroxyl groups is 2. The van der Waals surface area contributed by atoms with E-state index in [-0.39, 0.29) is 23.0 Å². The monoisotopic (exact) mass is 570 g/mol. The molecule has 0 radical (unpaired) electrons. The van der Waals surface area contributed by atoms with Gasteiger partial charge in [-0.15, -0.1) is 0 Å². The largest absolute Gasteiger partial charge is 0.392 e. The standard InChI is InChI=1S/C40H58O2/c1-29(17-13-19-31(3)21-25-35-33(5)23-27-37(41)39(35,7)8)15-11-12-16-30(2)18-14-20-32(4)22-26-36-34(6)24-28-38(42)40(36,9)10/h13-22,25-26,37-38,41-42H,11-12,23-24,27-28H2,1-10H3. The summed E-state index contributed by atoms with van der Waals surface area (Å²) in [4.78, 5) is 0. The maximum atomic E-state index is 10.4. The lowest BCUT2D eigenvalue weighted by Gasteiger charge is -2.37. The van der Waals surface area contributed by atoms with Crippen molar-refractivity contribution in [3.8, 4) is 0 Å². The molecule has 0 heterocycles. The molecule has 2 unspecified atom stereocenters. The molecule has 0 aromatic heterocycles. The highest BCUT2D eigenvalue weighted by atomic mass is 16.3. The van der Waals surface area contributed by atoms with Crippen LogP contribution in [0.3, 0.4) is 0 Å². The number of allylic oxidation sites excluding steroid dienone is 18. The van der Waals surface area contributed by atoms with Gasteiger partial charge in [-0.3, -0.25) is 0 Å². The Balaban J connectivity index is 1.85. The molecule has 2 nitrogen and oxygen atoms in total. The normalized spacial score (nSPS) is 24.9. The molecule has 0 saturated carbocycles. The Morgan fingerprint density at radius 1 is 0.619 bits per heavy atom. The van der Waals surface area contributed by atoms with Gasteiger partial charge in [-0.25, -0.2) is 0 Å². The van der Waals surface area contributed by atoms with E-state index in [4.69, 9.17) is 0 Å². The summed E-state index contributed by atoms with van der Waals surface area (Å²) in [5, 5.41) is 20.9. The highest BCUT2D eigenvalue weighted by Crippen LogP contribution is 2.42. The highest BCUT2D eigenvalue weighted by molar-refractivity contribution is 5.39. The van der Waals surface area contributed by atoms with E-state index in [0.717, 1.165) is 38.5 Å². The van der Waals surface area contributed by atoms with Gasteiger partial charge in [-0.2, -0.15) is 0 Å². The molecule has 0 aromatic carbocycles. The van der Waals surface area contributed by atoms with Crippen LogP contribution in [0.1, 0.15) is 108 Å². The van der Waals surface area contributed by atoms with Crippen LogP contribution in [0.5, 0.6) is 0 Å². The number of rotatable bonds is 11. The van der Waals surface area contributed by atoms with Crippen LogP contribution in [-0.2, 0) is 0 Å². The summed E-state index contributed by atoms with van der Waals surface area (Å²) < 4.78 is 0. The lowest BCUT2D eigenvalue weighted by molar-refractivity contribution is 0.0606. The second kappa shape index (κ2) is 16.2. The summed E-state index contributed by atoms with van der Waals surface area (Å²) in [7, 11) is 0. The molecule has 230 valence electrons. The van der Waals surface area contributed by atoms with Crippen molar-refractivity contribution < 1.29 is 10.2 Å². The third-order valence-electron chi connectivity index (χ3n) is 9.12. The summed E-state index contributed by atoms with van der Waals surface area (Å²) in [6, 6.07) is 0. The molecule has 0 bridgehead atoms. The van der Waals surface area contributed by atoms with Crippen molar-refractivity contribution in [2.24, 2.45) is 10.8 Å². The van der Waals surface area contributed by atoms with Crippen LogP contribution in [0.4, 0.5) is 0 Å². The van der Waals surface area contributed by atoms with Gasteiger partial charge in [0.05, 0.1) is 12.2 Å². The zero-order valence-electron chi connectivity index (χ0n) is 28.2. The van der Waals surface area contributed by atoms with Gasteiger partial charge in [-0.1, -0.05) is 134 Å². The van der Waals surface area contributed by atoms with E-state index >= 15 is 0 Å². The quantitative estimate of drug-likeness (QED) is 0.192. The fourth-order valence-electron chi connectivity index (χ4n) is 5.87. The maximum Gasteiger partial charge on any atom is 0.0634 e. The zero-order chi connectivity index (χ0) is 31.5. The summed E-state index contributed by atoms with van der Waals surface area (Å²) in [6.07, 6.45) is 31.3. The fourth-order valence-corrected chi connectivity index (χ4v) is 5.87. The summed E-state index contributed by atoms with van der Waals surface area (Å²) in [5.74, 6) is 0. The van der Waals surface area contributed by atoms with Crippen molar-refractivity contribution in [1.29, 1.82) is 0 Å². The highest BCUT2D eigenvalue weighted by Gasteiger charge is 2.35. The van der Waals surface area contributed by atoms with Crippen LogP contribution in [-0.4, -0.2) is 22.4 Å². The first-order chi connectivity index (χ1) is 19.7. The van der Waals surface area contributed by atoms with Crippen LogP contribution in [0, 0.1) is 10.8 Å². The Bertz CT molecular complexity index is 1150. The second-order valence-corrected chi connectivity index (χ2v) is 13.6. The van der Waals surface area contributed by atoms with Gasteiger partial charge in [0.1, 0.15) is 0 Å². The Morgan fingerprint density at radius 2 is 0.976 bits per heavy atom. The average molecular weight is 571 g/mol. The fraction of sp³-hybridized carbons (Fsp3) is 0.500. The molecular formula is C40H58O2. The van der Waals surface area contributed by atoms with Crippen molar-refractivity contribution in [3.63, 3.8) is 0 Å². The Labute approximate surface area is 258 Å². The van der Waals surface area contributed by atoms with Crippen LogP contribution in [0.15, 0.2) is 117 Å². The Hall–Kier alpha value is -2.68. The number of hydrogen-bond acceptors (Lipinski definition) is 2. The molecule has 0 fully saturated rings. The molecular weight excluding hydrogens is 512 g/mol. The van der Waals surface area contributed by atoms with Crippen molar-refractivity contribution in [2.45, 2.75) is 120 Å². The second-order valence-electron chi connectivity index (χ2n) is 13.6.